The molecule has 6 nitrogen and oxygen atoms in total. The molecule has 0 saturated carbocycles. The molecule has 146 valence electrons. The van der Waals surface area contributed by atoms with Crippen LogP contribution in [0.5, 0.6) is 5.75 Å². The highest BCUT2D eigenvalue weighted by Gasteiger charge is 2.38. The summed E-state index contributed by atoms with van der Waals surface area (Å²) in [5, 5.41) is 13.6. The summed E-state index contributed by atoms with van der Waals surface area (Å²) in [7, 11) is 1.64. The van der Waals surface area contributed by atoms with Gasteiger partial charge in [0, 0.05) is 5.54 Å². The van der Waals surface area contributed by atoms with Gasteiger partial charge in [-0.05, 0) is 50.6 Å². The average molecular weight is 376 g/mol. The van der Waals surface area contributed by atoms with Crippen molar-refractivity contribution in [2.75, 3.05) is 20.2 Å². The van der Waals surface area contributed by atoms with E-state index in [4.69, 9.17) is 14.6 Å². The van der Waals surface area contributed by atoms with E-state index in [-0.39, 0.29) is 11.4 Å². The number of benzene rings is 1. The molecule has 2 rings (SSSR count). The van der Waals surface area contributed by atoms with Crippen molar-refractivity contribution in [3.8, 4) is 5.75 Å². The standard InChI is InChI=1S/C15H22N2O2.C2HF3O2/c1-15(7-9-16-10-8-15)17-14(18)11-12-3-5-13(19-2)6-4-12;3-2(4,5)1(6)7/h3-6,16H,7-11H2,1-2H3,(H,17,18);(H,6,7). The summed E-state index contributed by atoms with van der Waals surface area (Å²) in [6.07, 6.45) is -2.68. The lowest BCUT2D eigenvalue weighted by Gasteiger charge is -2.35. The van der Waals surface area contributed by atoms with Crippen LogP contribution in [-0.2, 0) is 16.0 Å². The molecule has 0 bridgehead atoms. The van der Waals surface area contributed by atoms with E-state index in [9.17, 15) is 18.0 Å². The Morgan fingerprint density at radius 1 is 1.23 bits per heavy atom. The van der Waals surface area contributed by atoms with Crippen molar-refractivity contribution in [1.29, 1.82) is 0 Å². The number of hydrogen-bond acceptors (Lipinski definition) is 4. The van der Waals surface area contributed by atoms with Crippen molar-refractivity contribution < 1.29 is 32.6 Å². The van der Waals surface area contributed by atoms with Crippen LogP contribution in [0.2, 0.25) is 0 Å². The number of aliphatic carboxylic acids is 1. The fourth-order valence-corrected chi connectivity index (χ4v) is 2.41. The van der Waals surface area contributed by atoms with Gasteiger partial charge >= 0.3 is 12.1 Å². The van der Waals surface area contributed by atoms with Crippen LogP contribution in [0.4, 0.5) is 13.2 Å². The second kappa shape index (κ2) is 9.42. The third-order valence-corrected chi connectivity index (χ3v) is 3.91. The van der Waals surface area contributed by atoms with Crippen LogP contribution in [0, 0.1) is 0 Å². The topological polar surface area (TPSA) is 87.7 Å². The van der Waals surface area contributed by atoms with Crippen LogP contribution in [0.3, 0.4) is 0 Å². The number of carboxylic acid groups (broad SMARTS) is 1. The Morgan fingerprint density at radius 3 is 2.15 bits per heavy atom. The second-order valence-corrected chi connectivity index (χ2v) is 6.19. The molecule has 1 aromatic carbocycles. The van der Waals surface area contributed by atoms with E-state index in [1.807, 2.05) is 24.3 Å². The van der Waals surface area contributed by atoms with Crippen LogP contribution in [-0.4, -0.2) is 48.9 Å². The maximum atomic E-state index is 12.1. The van der Waals surface area contributed by atoms with E-state index in [1.165, 1.54) is 0 Å². The number of carboxylic acids is 1. The van der Waals surface area contributed by atoms with Crippen molar-refractivity contribution >= 4 is 11.9 Å². The Bertz CT molecular complexity index is 597. The fourth-order valence-electron chi connectivity index (χ4n) is 2.41. The van der Waals surface area contributed by atoms with Gasteiger partial charge in [0.1, 0.15) is 5.75 Å². The zero-order valence-electron chi connectivity index (χ0n) is 14.7. The Hall–Kier alpha value is -2.29. The van der Waals surface area contributed by atoms with Crippen LogP contribution in [0.25, 0.3) is 0 Å². The van der Waals surface area contributed by atoms with Gasteiger partial charge in [-0.1, -0.05) is 12.1 Å². The first-order valence-electron chi connectivity index (χ1n) is 8.00. The zero-order valence-corrected chi connectivity index (χ0v) is 14.7. The van der Waals surface area contributed by atoms with Gasteiger partial charge in [-0.2, -0.15) is 13.2 Å². The number of rotatable bonds is 4. The van der Waals surface area contributed by atoms with Crippen molar-refractivity contribution in [1.82, 2.24) is 10.6 Å². The van der Waals surface area contributed by atoms with E-state index < -0.39 is 12.1 Å². The molecule has 1 fully saturated rings. The minimum Gasteiger partial charge on any atom is -0.497 e. The number of halogens is 3. The minimum absolute atomic E-state index is 0.0607. The number of ether oxygens (including phenoxy) is 1. The minimum atomic E-state index is -5.08. The molecule has 0 aliphatic carbocycles. The molecule has 9 heteroatoms. The monoisotopic (exact) mass is 376 g/mol. The van der Waals surface area contributed by atoms with Gasteiger partial charge < -0.3 is 20.5 Å². The highest BCUT2D eigenvalue weighted by Crippen LogP contribution is 2.18. The van der Waals surface area contributed by atoms with Crippen molar-refractivity contribution in [2.45, 2.75) is 37.9 Å². The molecule has 1 aromatic rings. The SMILES string of the molecule is COc1ccc(CC(=O)NC2(C)CCNCC2)cc1.O=C(O)C(F)(F)F. The lowest BCUT2D eigenvalue weighted by atomic mass is 9.90. The van der Waals surface area contributed by atoms with Gasteiger partial charge in [-0.15, -0.1) is 0 Å². The summed E-state index contributed by atoms with van der Waals surface area (Å²) < 4.78 is 36.8. The maximum absolute atomic E-state index is 12.1. The normalized spacial score (nSPS) is 16.0. The molecule has 0 unspecified atom stereocenters. The average Bonchev–Trinajstić information content (AvgIpc) is 2.55. The summed E-state index contributed by atoms with van der Waals surface area (Å²) >= 11 is 0. The summed E-state index contributed by atoms with van der Waals surface area (Å²) in [6.45, 7) is 4.07. The summed E-state index contributed by atoms with van der Waals surface area (Å²) in [6, 6.07) is 7.63. The number of carbonyl (C=O) groups is 2. The van der Waals surface area contributed by atoms with Gasteiger partial charge in [0.05, 0.1) is 13.5 Å². The Balaban J connectivity index is 0.000000412. The Morgan fingerprint density at radius 2 is 1.73 bits per heavy atom. The van der Waals surface area contributed by atoms with Crippen molar-refractivity contribution in [3.63, 3.8) is 0 Å². The first-order chi connectivity index (χ1) is 12.1. The second-order valence-electron chi connectivity index (χ2n) is 6.19. The van der Waals surface area contributed by atoms with Crippen LogP contribution in [0.1, 0.15) is 25.3 Å². The molecule has 1 amide bonds. The fraction of sp³-hybridized carbons (Fsp3) is 0.529. The number of hydrogen-bond donors (Lipinski definition) is 3. The molecule has 1 heterocycles. The molecule has 3 N–H and O–H groups in total. The Labute approximate surface area is 149 Å². The third kappa shape index (κ3) is 7.73. The first kappa shape index (κ1) is 21.8. The van der Waals surface area contributed by atoms with E-state index in [0.717, 1.165) is 37.2 Å². The number of piperidine rings is 1. The lowest BCUT2D eigenvalue weighted by molar-refractivity contribution is -0.192. The molecule has 26 heavy (non-hydrogen) atoms. The van der Waals surface area contributed by atoms with Gasteiger partial charge in [-0.3, -0.25) is 4.79 Å². The molecule has 1 saturated heterocycles. The number of nitrogens with one attached hydrogen (secondary N) is 2. The van der Waals surface area contributed by atoms with Gasteiger partial charge in [0.25, 0.3) is 0 Å². The molecule has 0 radical (unpaired) electrons. The predicted octanol–water partition coefficient (Wildman–Crippen LogP) is 2.13. The van der Waals surface area contributed by atoms with Crippen molar-refractivity contribution in [2.24, 2.45) is 0 Å². The predicted molar refractivity (Wildman–Crippen MR) is 89.0 cm³/mol. The third-order valence-electron chi connectivity index (χ3n) is 3.91. The van der Waals surface area contributed by atoms with Crippen LogP contribution >= 0.6 is 0 Å². The molecular weight excluding hydrogens is 353 g/mol. The van der Waals surface area contributed by atoms with E-state index >= 15 is 0 Å². The van der Waals surface area contributed by atoms with Gasteiger partial charge in [0.2, 0.25) is 5.91 Å². The molecule has 1 aliphatic heterocycles. The van der Waals surface area contributed by atoms with Gasteiger partial charge in [0.15, 0.2) is 0 Å². The highest BCUT2D eigenvalue weighted by atomic mass is 19.4. The Kier molecular flexibility index (Phi) is 7.88. The highest BCUT2D eigenvalue weighted by molar-refractivity contribution is 5.79. The van der Waals surface area contributed by atoms with Crippen molar-refractivity contribution in [3.05, 3.63) is 29.8 Å². The van der Waals surface area contributed by atoms with Crippen LogP contribution in [0.15, 0.2) is 24.3 Å². The smallest absolute Gasteiger partial charge is 0.490 e. The number of alkyl halides is 3. The number of carbonyl (C=O) groups excluding carboxylic acids is 1. The van der Waals surface area contributed by atoms with E-state index in [0.29, 0.717) is 6.42 Å². The number of amides is 1. The maximum Gasteiger partial charge on any atom is 0.490 e. The van der Waals surface area contributed by atoms with Gasteiger partial charge in [-0.25, -0.2) is 4.79 Å². The summed E-state index contributed by atoms with van der Waals surface area (Å²) in [5.41, 5.74) is 0.949. The molecule has 0 aromatic heterocycles. The molecule has 1 aliphatic rings. The quantitative estimate of drug-likeness (QED) is 0.749. The zero-order chi connectivity index (χ0) is 19.8. The number of methoxy groups -OCH3 is 1. The van der Waals surface area contributed by atoms with Crippen LogP contribution < -0.4 is 15.4 Å². The first-order valence-corrected chi connectivity index (χ1v) is 8.00. The molecular formula is C17H23F3N2O4. The molecule has 0 spiro atoms. The molecule has 0 atom stereocenters. The largest absolute Gasteiger partial charge is 0.497 e. The summed E-state index contributed by atoms with van der Waals surface area (Å²) in [5.74, 6) is -1.85. The van der Waals surface area contributed by atoms with E-state index in [1.54, 1.807) is 7.11 Å². The summed E-state index contributed by atoms with van der Waals surface area (Å²) in [4.78, 5) is 21.0. The lowest BCUT2D eigenvalue weighted by Crippen LogP contribution is -2.52. The van der Waals surface area contributed by atoms with E-state index in [2.05, 4.69) is 17.6 Å².